The number of anilines is 2. The number of benzene rings is 1. The molecule has 3 unspecified atom stereocenters. The van der Waals surface area contributed by atoms with Gasteiger partial charge in [-0.25, -0.2) is 0 Å². The van der Waals surface area contributed by atoms with E-state index in [0.29, 0.717) is 12.1 Å². The molecule has 0 bridgehead atoms. The molecular weight excluding hydrogens is 254 g/mol. The van der Waals surface area contributed by atoms with E-state index in [9.17, 15) is 4.79 Å². The Bertz CT molecular complexity index is 522. The number of nitrogens with one attached hydrogen (secondary N) is 2. The lowest BCUT2D eigenvalue weighted by atomic mass is 10.1. The quantitative estimate of drug-likeness (QED) is 0.865. The molecule has 5 nitrogen and oxygen atoms in total. The topological polar surface area (TPSA) is 53.6 Å². The first kappa shape index (κ1) is 13.2. The third kappa shape index (κ3) is 2.45. The predicted octanol–water partition coefficient (Wildman–Crippen LogP) is 1.91. The first-order chi connectivity index (χ1) is 9.52. The van der Waals surface area contributed by atoms with Crippen molar-refractivity contribution in [1.82, 2.24) is 4.90 Å². The highest BCUT2D eigenvalue weighted by molar-refractivity contribution is 5.98. The minimum absolute atomic E-state index is 0.0936. The number of ether oxygens (including phenoxy) is 1. The third-order valence-corrected chi connectivity index (χ3v) is 4.17. The number of likely N-dealkylation sites (tertiary alicyclic amines) is 1. The molecule has 1 aromatic carbocycles. The van der Waals surface area contributed by atoms with Crippen LogP contribution in [0.5, 0.6) is 5.75 Å². The van der Waals surface area contributed by atoms with Crippen LogP contribution >= 0.6 is 0 Å². The summed E-state index contributed by atoms with van der Waals surface area (Å²) < 4.78 is 5.56. The van der Waals surface area contributed by atoms with Gasteiger partial charge in [0, 0.05) is 24.3 Å². The van der Waals surface area contributed by atoms with Crippen molar-refractivity contribution in [3.8, 4) is 5.75 Å². The van der Waals surface area contributed by atoms with Gasteiger partial charge in [0.2, 0.25) is 0 Å². The Kier molecular flexibility index (Phi) is 3.30. The zero-order valence-electron chi connectivity index (χ0n) is 12.1. The predicted molar refractivity (Wildman–Crippen MR) is 79.3 cm³/mol. The second kappa shape index (κ2) is 4.98. The van der Waals surface area contributed by atoms with Crippen LogP contribution in [-0.2, 0) is 4.79 Å². The van der Waals surface area contributed by atoms with Gasteiger partial charge in [0.05, 0.1) is 5.69 Å². The number of fused-ring (bicyclic) bond motifs is 1. The molecule has 0 spiro atoms. The Morgan fingerprint density at radius 3 is 2.90 bits per heavy atom. The molecule has 1 amide bonds. The van der Waals surface area contributed by atoms with Crippen LogP contribution in [0.1, 0.15) is 20.3 Å². The fourth-order valence-electron chi connectivity index (χ4n) is 2.83. The summed E-state index contributed by atoms with van der Waals surface area (Å²) in [7, 11) is 2.15. The van der Waals surface area contributed by atoms with Gasteiger partial charge in [-0.3, -0.25) is 4.79 Å². The van der Waals surface area contributed by atoms with Gasteiger partial charge in [-0.2, -0.15) is 0 Å². The summed E-state index contributed by atoms with van der Waals surface area (Å²) in [6.07, 6.45) is 0.707. The minimum Gasteiger partial charge on any atom is -0.479 e. The van der Waals surface area contributed by atoms with Gasteiger partial charge in [-0.1, -0.05) is 0 Å². The van der Waals surface area contributed by atoms with Crippen molar-refractivity contribution in [3.05, 3.63) is 18.2 Å². The van der Waals surface area contributed by atoms with Crippen molar-refractivity contribution < 1.29 is 9.53 Å². The van der Waals surface area contributed by atoms with Crippen LogP contribution in [0, 0.1) is 0 Å². The van der Waals surface area contributed by atoms with Gasteiger partial charge in [0.15, 0.2) is 6.10 Å². The van der Waals surface area contributed by atoms with E-state index < -0.39 is 6.10 Å². The molecule has 2 aliphatic heterocycles. The smallest absolute Gasteiger partial charge is 0.265 e. The van der Waals surface area contributed by atoms with Crippen LogP contribution in [0.25, 0.3) is 0 Å². The maximum Gasteiger partial charge on any atom is 0.265 e. The van der Waals surface area contributed by atoms with Crippen LogP contribution in [0.3, 0.4) is 0 Å². The lowest BCUT2D eigenvalue weighted by Crippen LogP contribution is -2.34. The van der Waals surface area contributed by atoms with Gasteiger partial charge < -0.3 is 20.3 Å². The van der Waals surface area contributed by atoms with Gasteiger partial charge in [0.1, 0.15) is 5.75 Å². The summed E-state index contributed by atoms with van der Waals surface area (Å²) in [5.41, 5.74) is 1.77. The molecule has 0 aromatic heterocycles. The molecule has 2 aliphatic rings. The molecule has 108 valence electrons. The number of likely N-dealkylation sites (N-methyl/N-ethyl adjacent to an activating group) is 1. The molecular formula is C15H21N3O2. The maximum atomic E-state index is 11.6. The van der Waals surface area contributed by atoms with E-state index in [1.54, 1.807) is 6.92 Å². The van der Waals surface area contributed by atoms with Crippen molar-refractivity contribution in [3.63, 3.8) is 0 Å². The molecule has 2 heterocycles. The Morgan fingerprint density at radius 1 is 1.40 bits per heavy atom. The fourth-order valence-corrected chi connectivity index (χ4v) is 2.83. The molecule has 1 aromatic rings. The monoisotopic (exact) mass is 275 g/mol. The van der Waals surface area contributed by atoms with E-state index in [4.69, 9.17) is 4.74 Å². The minimum atomic E-state index is -0.425. The average molecular weight is 275 g/mol. The van der Waals surface area contributed by atoms with Crippen LogP contribution < -0.4 is 15.4 Å². The molecule has 1 fully saturated rings. The Hall–Kier alpha value is -1.75. The van der Waals surface area contributed by atoms with Gasteiger partial charge >= 0.3 is 0 Å². The highest BCUT2D eigenvalue weighted by Crippen LogP contribution is 2.32. The Balaban J connectivity index is 1.73. The zero-order valence-corrected chi connectivity index (χ0v) is 12.1. The second-order valence-electron chi connectivity index (χ2n) is 5.83. The average Bonchev–Trinajstić information content (AvgIpc) is 2.70. The SMILES string of the molecule is CC1Oc2ccc(NC3CC(C)N(C)C3)cc2NC1=O. The van der Waals surface area contributed by atoms with Crippen molar-refractivity contribution in [2.75, 3.05) is 24.2 Å². The molecule has 5 heteroatoms. The van der Waals surface area contributed by atoms with E-state index in [0.717, 1.165) is 30.1 Å². The Morgan fingerprint density at radius 2 is 2.20 bits per heavy atom. The highest BCUT2D eigenvalue weighted by atomic mass is 16.5. The zero-order chi connectivity index (χ0) is 14.3. The van der Waals surface area contributed by atoms with Crippen LogP contribution in [0.2, 0.25) is 0 Å². The molecule has 2 N–H and O–H groups in total. The lowest BCUT2D eigenvalue weighted by Gasteiger charge is -2.24. The van der Waals surface area contributed by atoms with E-state index in [2.05, 4.69) is 29.5 Å². The van der Waals surface area contributed by atoms with E-state index in [1.807, 2.05) is 18.2 Å². The first-order valence-corrected chi connectivity index (χ1v) is 7.11. The summed E-state index contributed by atoms with van der Waals surface area (Å²) in [4.78, 5) is 14.0. The number of carbonyl (C=O) groups is 1. The number of hydrogen-bond donors (Lipinski definition) is 2. The van der Waals surface area contributed by atoms with E-state index in [1.165, 1.54) is 0 Å². The van der Waals surface area contributed by atoms with Gasteiger partial charge in [-0.15, -0.1) is 0 Å². The number of carbonyl (C=O) groups excluding carboxylic acids is 1. The number of hydrogen-bond acceptors (Lipinski definition) is 4. The standard InChI is InChI=1S/C15H21N3O2/c1-9-6-12(8-18(9)3)16-11-4-5-14-13(7-11)17-15(19)10(2)20-14/h4-5,7,9-10,12,16H,6,8H2,1-3H3,(H,17,19). The maximum absolute atomic E-state index is 11.6. The lowest BCUT2D eigenvalue weighted by molar-refractivity contribution is -0.122. The van der Waals surface area contributed by atoms with E-state index >= 15 is 0 Å². The van der Waals surface area contributed by atoms with Crippen molar-refractivity contribution >= 4 is 17.3 Å². The van der Waals surface area contributed by atoms with Crippen molar-refractivity contribution in [1.29, 1.82) is 0 Å². The summed E-state index contributed by atoms with van der Waals surface area (Å²) in [5, 5.41) is 6.41. The van der Waals surface area contributed by atoms with Crippen molar-refractivity contribution in [2.24, 2.45) is 0 Å². The van der Waals surface area contributed by atoms with E-state index in [-0.39, 0.29) is 5.91 Å². The molecule has 3 atom stereocenters. The number of nitrogens with zero attached hydrogens (tertiary/aromatic N) is 1. The van der Waals surface area contributed by atoms with Gasteiger partial charge in [-0.05, 0) is 45.5 Å². The van der Waals surface area contributed by atoms with Crippen LogP contribution in [0.15, 0.2) is 18.2 Å². The first-order valence-electron chi connectivity index (χ1n) is 7.11. The molecule has 0 radical (unpaired) electrons. The van der Waals surface area contributed by atoms with Gasteiger partial charge in [0.25, 0.3) is 5.91 Å². The van der Waals surface area contributed by atoms with Crippen LogP contribution in [0.4, 0.5) is 11.4 Å². The summed E-state index contributed by atoms with van der Waals surface area (Å²) in [6.45, 7) is 5.03. The summed E-state index contributed by atoms with van der Waals surface area (Å²) in [5.74, 6) is 0.642. The van der Waals surface area contributed by atoms with Crippen LogP contribution in [-0.4, -0.2) is 42.6 Å². The molecule has 3 rings (SSSR count). The molecule has 20 heavy (non-hydrogen) atoms. The molecule has 1 saturated heterocycles. The fraction of sp³-hybridized carbons (Fsp3) is 0.533. The number of amides is 1. The highest BCUT2D eigenvalue weighted by Gasteiger charge is 2.27. The normalized spacial score (nSPS) is 29.6. The van der Waals surface area contributed by atoms with Crippen molar-refractivity contribution in [2.45, 2.75) is 38.5 Å². The second-order valence-corrected chi connectivity index (χ2v) is 5.83. The summed E-state index contributed by atoms with van der Waals surface area (Å²) in [6, 6.07) is 6.92. The molecule has 0 aliphatic carbocycles. The molecule has 0 saturated carbocycles. The largest absolute Gasteiger partial charge is 0.479 e. The summed E-state index contributed by atoms with van der Waals surface area (Å²) >= 11 is 0. The Labute approximate surface area is 119 Å². The number of rotatable bonds is 2. The third-order valence-electron chi connectivity index (χ3n) is 4.17.